The Morgan fingerprint density at radius 2 is 2.33 bits per heavy atom. The highest BCUT2D eigenvalue weighted by Gasteiger charge is 2.33. The number of para-hydroxylation sites is 1. The number of aromatic nitrogens is 2. The van der Waals surface area contributed by atoms with Gasteiger partial charge >= 0.3 is 5.76 Å². The van der Waals surface area contributed by atoms with E-state index < -0.39 is 17.7 Å². The van der Waals surface area contributed by atoms with Crippen LogP contribution in [-0.2, 0) is 4.79 Å². The highest BCUT2D eigenvalue weighted by molar-refractivity contribution is 5.81. The zero-order valence-corrected chi connectivity index (χ0v) is 13.2. The number of amides is 1. The quantitative estimate of drug-likeness (QED) is 0.898. The lowest BCUT2D eigenvalue weighted by molar-refractivity contribution is -0.137. The van der Waals surface area contributed by atoms with E-state index >= 15 is 0 Å². The minimum absolute atomic E-state index is 0.0641. The molecule has 24 heavy (non-hydrogen) atoms. The van der Waals surface area contributed by atoms with Gasteiger partial charge in [0.1, 0.15) is 0 Å². The molecule has 8 heteroatoms. The number of ether oxygens (including phenoxy) is 1. The number of carbonyl (C=O) groups is 1. The number of hydrogen-bond acceptors (Lipinski definition) is 5. The lowest BCUT2D eigenvalue weighted by atomic mass is 10.1. The van der Waals surface area contributed by atoms with E-state index in [2.05, 4.69) is 14.7 Å². The van der Waals surface area contributed by atoms with Gasteiger partial charge in [0.2, 0.25) is 0 Å². The number of halogens is 1. The van der Waals surface area contributed by atoms with Gasteiger partial charge in [-0.3, -0.25) is 14.3 Å². The molecule has 1 aliphatic heterocycles. The molecule has 1 aromatic heterocycles. The number of likely N-dealkylation sites (tertiary alicyclic amines) is 1. The topological polar surface area (TPSA) is 88.4 Å². The Bertz CT molecular complexity index is 772. The molecule has 0 spiro atoms. The van der Waals surface area contributed by atoms with Crippen LogP contribution in [0, 0.1) is 5.82 Å². The number of rotatable bonds is 5. The smallest absolute Gasteiger partial charge is 0.438 e. The first-order valence-corrected chi connectivity index (χ1v) is 7.84. The van der Waals surface area contributed by atoms with Crippen LogP contribution in [0.3, 0.4) is 0 Å². The molecule has 0 saturated carbocycles. The maximum atomic E-state index is 13.7. The Balaban J connectivity index is 1.66. The van der Waals surface area contributed by atoms with Crippen molar-refractivity contribution in [3.05, 3.63) is 46.5 Å². The predicted octanol–water partition coefficient (Wildman–Crippen LogP) is 1.68. The summed E-state index contributed by atoms with van der Waals surface area (Å²) >= 11 is 0. The van der Waals surface area contributed by atoms with E-state index in [0.29, 0.717) is 31.8 Å². The molecule has 2 heterocycles. The van der Waals surface area contributed by atoms with Crippen molar-refractivity contribution in [3.63, 3.8) is 0 Å². The average molecular weight is 335 g/mol. The first-order valence-electron chi connectivity index (χ1n) is 7.84. The fraction of sp³-hybridized carbons (Fsp3) is 0.438. The number of hydrogen-bond donors (Lipinski definition) is 1. The Morgan fingerprint density at radius 3 is 3.00 bits per heavy atom. The minimum atomic E-state index is -0.753. The largest absolute Gasteiger partial charge is 0.478 e. The normalized spacial score (nSPS) is 18.6. The van der Waals surface area contributed by atoms with E-state index in [1.54, 1.807) is 17.0 Å². The molecule has 1 aromatic carbocycles. The summed E-state index contributed by atoms with van der Waals surface area (Å²) in [6.07, 6.45) is 0.344. The number of carbonyl (C=O) groups excluding carboxylic acids is 1. The molecule has 0 bridgehead atoms. The van der Waals surface area contributed by atoms with E-state index in [1.807, 2.05) is 6.92 Å². The van der Waals surface area contributed by atoms with E-state index in [4.69, 9.17) is 4.74 Å². The molecule has 1 saturated heterocycles. The van der Waals surface area contributed by atoms with Gasteiger partial charge in [-0.2, -0.15) is 0 Å². The fourth-order valence-electron chi connectivity index (χ4n) is 2.81. The maximum Gasteiger partial charge on any atom is 0.438 e. The summed E-state index contributed by atoms with van der Waals surface area (Å²) in [5, 5.41) is 3.67. The van der Waals surface area contributed by atoms with Crippen LogP contribution in [0.15, 0.2) is 33.6 Å². The van der Waals surface area contributed by atoms with Gasteiger partial charge in [0.05, 0.1) is 0 Å². The van der Waals surface area contributed by atoms with Gasteiger partial charge < -0.3 is 9.64 Å². The fourth-order valence-corrected chi connectivity index (χ4v) is 2.81. The van der Waals surface area contributed by atoms with Crippen LogP contribution in [0.25, 0.3) is 0 Å². The van der Waals surface area contributed by atoms with Crippen molar-refractivity contribution in [1.29, 1.82) is 0 Å². The first-order chi connectivity index (χ1) is 11.6. The standard InChI is InChI=1S/C16H18FN3O4/c1-2-12(23-13-6-4-3-5-11(13)17)15(21)20-8-7-10(9-20)14-18-16(22)24-19-14/h3-6,10,12H,2,7-9H2,1H3,(H,18,19,22). The summed E-state index contributed by atoms with van der Waals surface area (Å²) in [4.78, 5) is 27.8. The summed E-state index contributed by atoms with van der Waals surface area (Å²) in [6.45, 7) is 2.75. The summed E-state index contributed by atoms with van der Waals surface area (Å²) < 4.78 is 23.8. The van der Waals surface area contributed by atoms with Gasteiger partial charge in [0.15, 0.2) is 23.5 Å². The molecular formula is C16H18FN3O4. The number of aromatic amines is 1. The van der Waals surface area contributed by atoms with Gasteiger partial charge in [-0.25, -0.2) is 9.18 Å². The van der Waals surface area contributed by atoms with E-state index in [9.17, 15) is 14.0 Å². The molecule has 2 atom stereocenters. The molecule has 1 N–H and O–H groups in total. The van der Waals surface area contributed by atoms with Crippen molar-refractivity contribution >= 4 is 5.91 Å². The second kappa shape index (κ2) is 6.86. The SMILES string of the molecule is CCC(Oc1ccccc1F)C(=O)N1CCC(c2noc(=O)[nH]2)C1. The monoisotopic (exact) mass is 335 g/mol. The summed E-state index contributed by atoms with van der Waals surface area (Å²) in [7, 11) is 0. The molecule has 1 fully saturated rings. The van der Waals surface area contributed by atoms with Gasteiger partial charge in [0.25, 0.3) is 5.91 Å². The van der Waals surface area contributed by atoms with Crippen LogP contribution in [0.2, 0.25) is 0 Å². The Morgan fingerprint density at radius 1 is 1.54 bits per heavy atom. The third kappa shape index (κ3) is 3.32. The molecule has 128 valence electrons. The van der Waals surface area contributed by atoms with Crippen molar-refractivity contribution in [3.8, 4) is 5.75 Å². The number of benzene rings is 1. The Hall–Kier alpha value is -2.64. The predicted molar refractivity (Wildman–Crippen MR) is 82.2 cm³/mol. The molecule has 7 nitrogen and oxygen atoms in total. The third-order valence-corrected chi connectivity index (χ3v) is 4.10. The maximum absolute atomic E-state index is 13.7. The zero-order valence-electron chi connectivity index (χ0n) is 13.2. The van der Waals surface area contributed by atoms with Crippen LogP contribution in [0.5, 0.6) is 5.75 Å². The van der Waals surface area contributed by atoms with Gasteiger partial charge in [0, 0.05) is 19.0 Å². The van der Waals surface area contributed by atoms with Crippen molar-refractivity contribution in [2.75, 3.05) is 13.1 Å². The molecule has 0 radical (unpaired) electrons. The highest BCUT2D eigenvalue weighted by atomic mass is 19.1. The number of nitrogens with one attached hydrogen (secondary N) is 1. The van der Waals surface area contributed by atoms with Crippen LogP contribution < -0.4 is 10.5 Å². The second-order valence-corrected chi connectivity index (χ2v) is 5.70. The minimum Gasteiger partial charge on any atom is -0.478 e. The summed E-state index contributed by atoms with van der Waals surface area (Å²) in [5.41, 5.74) is 0. The molecule has 2 aromatic rings. The first kappa shape index (κ1) is 16.2. The number of H-pyrrole nitrogens is 1. The second-order valence-electron chi connectivity index (χ2n) is 5.70. The Labute approximate surface area is 137 Å². The van der Waals surface area contributed by atoms with E-state index in [-0.39, 0.29) is 17.6 Å². The molecule has 3 rings (SSSR count). The van der Waals surface area contributed by atoms with Crippen molar-refractivity contribution in [2.45, 2.75) is 31.8 Å². The van der Waals surface area contributed by atoms with Gasteiger partial charge in [-0.15, -0.1) is 0 Å². The lowest BCUT2D eigenvalue weighted by Gasteiger charge is -2.23. The van der Waals surface area contributed by atoms with Crippen molar-refractivity contribution in [1.82, 2.24) is 15.0 Å². The van der Waals surface area contributed by atoms with Crippen LogP contribution in [-0.4, -0.2) is 40.1 Å². The van der Waals surface area contributed by atoms with Crippen molar-refractivity contribution in [2.24, 2.45) is 0 Å². The molecule has 2 unspecified atom stereocenters. The van der Waals surface area contributed by atoms with E-state index in [0.717, 1.165) is 0 Å². The molecule has 1 aliphatic rings. The third-order valence-electron chi connectivity index (χ3n) is 4.10. The van der Waals surface area contributed by atoms with Crippen LogP contribution in [0.4, 0.5) is 4.39 Å². The molecule has 1 amide bonds. The van der Waals surface area contributed by atoms with Crippen LogP contribution in [0.1, 0.15) is 31.5 Å². The van der Waals surface area contributed by atoms with Gasteiger partial charge in [-0.1, -0.05) is 24.2 Å². The van der Waals surface area contributed by atoms with E-state index in [1.165, 1.54) is 12.1 Å². The molecule has 0 aliphatic carbocycles. The Kier molecular flexibility index (Phi) is 4.64. The lowest BCUT2D eigenvalue weighted by Crippen LogP contribution is -2.40. The average Bonchev–Trinajstić information content (AvgIpc) is 3.22. The summed E-state index contributed by atoms with van der Waals surface area (Å²) in [6, 6.07) is 6.01. The van der Waals surface area contributed by atoms with Crippen LogP contribution >= 0.6 is 0 Å². The highest BCUT2D eigenvalue weighted by Crippen LogP contribution is 2.26. The summed E-state index contributed by atoms with van der Waals surface area (Å²) in [5.74, 6) is -0.875. The van der Waals surface area contributed by atoms with Crippen molar-refractivity contribution < 1.29 is 18.4 Å². The van der Waals surface area contributed by atoms with Gasteiger partial charge in [-0.05, 0) is 25.0 Å². The number of nitrogens with zero attached hydrogens (tertiary/aromatic N) is 2. The molecular weight excluding hydrogens is 317 g/mol. The zero-order chi connectivity index (χ0) is 17.1.